The van der Waals surface area contributed by atoms with Crippen molar-refractivity contribution < 1.29 is 0 Å². The van der Waals surface area contributed by atoms with Crippen LogP contribution in [0.5, 0.6) is 0 Å². The van der Waals surface area contributed by atoms with Gasteiger partial charge in [-0.05, 0) is 58.5 Å². The Morgan fingerprint density at radius 3 is 2.88 bits per heavy atom. The number of hydrogen-bond acceptors (Lipinski definition) is 3. The molecule has 2 aromatic heterocycles. The lowest BCUT2D eigenvalue weighted by Gasteiger charge is -2.18. The van der Waals surface area contributed by atoms with Crippen molar-refractivity contribution in [3.63, 3.8) is 0 Å². The number of thiophene rings is 1. The molecule has 0 fully saturated rings. The summed E-state index contributed by atoms with van der Waals surface area (Å²) in [6.45, 7) is 5.19. The standard InChI is InChI=1S/C13H15BrN2S/c1-3-15-12(10-6-8-17-9(10)2)13-11(14)5-4-7-16-13/h4-8,12,15H,3H2,1-2H3. The van der Waals surface area contributed by atoms with Crippen LogP contribution < -0.4 is 5.32 Å². The van der Waals surface area contributed by atoms with Crippen LogP contribution in [0.4, 0.5) is 0 Å². The van der Waals surface area contributed by atoms with Gasteiger partial charge in [-0.3, -0.25) is 4.98 Å². The maximum atomic E-state index is 4.49. The summed E-state index contributed by atoms with van der Waals surface area (Å²) in [5.74, 6) is 0. The molecular weight excluding hydrogens is 296 g/mol. The average Bonchev–Trinajstić information content (AvgIpc) is 2.74. The maximum absolute atomic E-state index is 4.49. The second-order valence-corrected chi connectivity index (χ2v) is 5.77. The van der Waals surface area contributed by atoms with Crippen LogP contribution in [0.15, 0.2) is 34.2 Å². The zero-order valence-electron chi connectivity index (χ0n) is 9.90. The molecule has 0 spiro atoms. The number of halogens is 1. The highest BCUT2D eigenvalue weighted by molar-refractivity contribution is 9.10. The number of hydrogen-bond donors (Lipinski definition) is 1. The van der Waals surface area contributed by atoms with E-state index in [9.17, 15) is 0 Å². The Kier molecular flexibility index (Phi) is 4.31. The monoisotopic (exact) mass is 310 g/mol. The molecule has 0 amide bonds. The highest BCUT2D eigenvalue weighted by Gasteiger charge is 2.19. The van der Waals surface area contributed by atoms with Crippen LogP contribution in [0.1, 0.15) is 29.1 Å². The molecule has 0 saturated carbocycles. The van der Waals surface area contributed by atoms with Gasteiger partial charge in [0.2, 0.25) is 0 Å². The molecule has 0 aliphatic heterocycles. The Morgan fingerprint density at radius 1 is 1.47 bits per heavy atom. The van der Waals surface area contributed by atoms with Gasteiger partial charge in [-0.1, -0.05) is 6.92 Å². The number of nitrogens with zero attached hydrogens (tertiary/aromatic N) is 1. The van der Waals surface area contributed by atoms with Gasteiger partial charge in [0.05, 0.1) is 11.7 Å². The highest BCUT2D eigenvalue weighted by Crippen LogP contribution is 2.30. The first-order chi connectivity index (χ1) is 8.24. The fraction of sp³-hybridized carbons (Fsp3) is 0.308. The van der Waals surface area contributed by atoms with E-state index in [0.717, 1.165) is 16.7 Å². The summed E-state index contributed by atoms with van der Waals surface area (Å²) in [6.07, 6.45) is 1.84. The fourth-order valence-electron chi connectivity index (χ4n) is 1.86. The van der Waals surface area contributed by atoms with Gasteiger partial charge in [0.1, 0.15) is 0 Å². The van der Waals surface area contributed by atoms with E-state index in [4.69, 9.17) is 0 Å². The molecule has 0 aliphatic carbocycles. The van der Waals surface area contributed by atoms with E-state index in [1.807, 2.05) is 18.3 Å². The molecule has 4 heteroatoms. The van der Waals surface area contributed by atoms with Gasteiger partial charge in [0, 0.05) is 15.5 Å². The Balaban J connectivity index is 2.43. The average molecular weight is 311 g/mol. The van der Waals surface area contributed by atoms with Crippen LogP contribution in [-0.4, -0.2) is 11.5 Å². The zero-order chi connectivity index (χ0) is 12.3. The van der Waals surface area contributed by atoms with E-state index in [1.165, 1.54) is 10.4 Å². The molecule has 0 saturated heterocycles. The minimum absolute atomic E-state index is 0.168. The summed E-state index contributed by atoms with van der Waals surface area (Å²) < 4.78 is 1.05. The lowest BCUT2D eigenvalue weighted by molar-refractivity contribution is 0.612. The summed E-state index contributed by atoms with van der Waals surface area (Å²) >= 11 is 5.35. The molecule has 0 aromatic carbocycles. The first kappa shape index (κ1) is 12.7. The summed E-state index contributed by atoms with van der Waals surface area (Å²) in [5.41, 5.74) is 2.37. The Bertz CT molecular complexity index is 496. The predicted molar refractivity (Wildman–Crippen MR) is 76.5 cm³/mol. The van der Waals surface area contributed by atoms with E-state index < -0.39 is 0 Å². The molecule has 1 atom stereocenters. The molecule has 2 heterocycles. The first-order valence-corrected chi connectivity index (χ1v) is 7.29. The third-order valence-electron chi connectivity index (χ3n) is 2.68. The lowest BCUT2D eigenvalue weighted by Crippen LogP contribution is -2.23. The number of aromatic nitrogens is 1. The Labute approximate surface area is 114 Å². The van der Waals surface area contributed by atoms with Gasteiger partial charge in [-0.25, -0.2) is 0 Å². The molecule has 2 rings (SSSR count). The summed E-state index contributed by atoms with van der Waals surface area (Å²) in [5, 5.41) is 5.63. The third kappa shape index (κ3) is 2.76. The molecule has 90 valence electrons. The molecule has 0 bridgehead atoms. The number of rotatable bonds is 4. The number of pyridine rings is 1. The number of nitrogens with one attached hydrogen (secondary N) is 1. The molecular formula is C13H15BrN2S. The van der Waals surface area contributed by atoms with Gasteiger partial charge in [0.25, 0.3) is 0 Å². The van der Waals surface area contributed by atoms with Gasteiger partial charge in [-0.2, -0.15) is 0 Å². The molecule has 0 radical (unpaired) electrons. The quantitative estimate of drug-likeness (QED) is 0.926. The summed E-state index contributed by atoms with van der Waals surface area (Å²) in [4.78, 5) is 5.83. The van der Waals surface area contributed by atoms with E-state index in [2.05, 4.69) is 51.5 Å². The molecule has 1 N–H and O–H groups in total. The van der Waals surface area contributed by atoms with Crippen molar-refractivity contribution in [2.75, 3.05) is 6.54 Å². The van der Waals surface area contributed by atoms with E-state index in [1.54, 1.807) is 11.3 Å². The Morgan fingerprint density at radius 2 is 2.29 bits per heavy atom. The van der Waals surface area contributed by atoms with E-state index >= 15 is 0 Å². The van der Waals surface area contributed by atoms with Gasteiger partial charge < -0.3 is 5.32 Å². The van der Waals surface area contributed by atoms with E-state index in [0.29, 0.717) is 0 Å². The number of aryl methyl sites for hydroxylation is 1. The normalized spacial score (nSPS) is 12.6. The topological polar surface area (TPSA) is 24.9 Å². The SMILES string of the molecule is CCNC(c1ccsc1C)c1ncccc1Br. The van der Waals surface area contributed by atoms with Crippen molar-refractivity contribution in [3.05, 3.63) is 50.4 Å². The second kappa shape index (κ2) is 5.76. The minimum Gasteiger partial charge on any atom is -0.305 e. The minimum atomic E-state index is 0.168. The molecule has 17 heavy (non-hydrogen) atoms. The zero-order valence-corrected chi connectivity index (χ0v) is 12.3. The molecule has 2 nitrogen and oxygen atoms in total. The Hall–Kier alpha value is -0.710. The summed E-state index contributed by atoms with van der Waals surface area (Å²) in [6, 6.07) is 6.32. The van der Waals surface area contributed by atoms with Crippen LogP contribution in [0, 0.1) is 6.92 Å². The van der Waals surface area contributed by atoms with Crippen LogP contribution in [-0.2, 0) is 0 Å². The molecule has 0 aliphatic rings. The van der Waals surface area contributed by atoms with Crippen molar-refractivity contribution >= 4 is 27.3 Å². The van der Waals surface area contributed by atoms with Crippen molar-refractivity contribution in [1.82, 2.24) is 10.3 Å². The molecule has 1 unspecified atom stereocenters. The molecule has 2 aromatic rings. The van der Waals surface area contributed by atoms with E-state index in [-0.39, 0.29) is 6.04 Å². The van der Waals surface area contributed by atoms with Crippen LogP contribution >= 0.6 is 27.3 Å². The van der Waals surface area contributed by atoms with Crippen molar-refractivity contribution in [2.24, 2.45) is 0 Å². The van der Waals surface area contributed by atoms with Gasteiger partial charge in [-0.15, -0.1) is 11.3 Å². The van der Waals surface area contributed by atoms with Crippen molar-refractivity contribution in [2.45, 2.75) is 19.9 Å². The largest absolute Gasteiger partial charge is 0.305 e. The van der Waals surface area contributed by atoms with Crippen LogP contribution in [0.3, 0.4) is 0 Å². The predicted octanol–water partition coefficient (Wildman–Crippen LogP) is 3.91. The fourth-order valence-corrected chi connectivity index (χ4v) is 3.09. The first-order valence-electron chi connectivity index (χ1n) is 5.61. The summed E-state index contributed by atoms with van der Waals surface area (Å²) in [7, 11) is 0. The second-order valence-electron chi connectivity index (χ2n) is 3.79. The van der Waals surface area contributed by atoms with Gasteiger partial charge >= 0.3 is 0 Å². The third-order valence-corrected chi connectivity index (χ3v) is 4.21. The smallest absolute Gasteiger partial charge is 0.0773 e. The van der Waals surface area contributed by atoms with Gasteiger partial charge in [0.15, 0.2) is 0 Å². The maximum Gasteiger partial charge on any atom is 0.0773 e. The van der Waals surface area contributed by atoms with Crippen LogP contribution in [0.2, 0.25) is 0 Å². The lowest BCUT2D eigenvalue weighted by atomic mass is 10.0. The van der Waals surface area contributed by atoms with Crippen LogP contribution in [0.25, 0.3) is 0 Å². The van der Waals surface area contributed by atoms with Crippen molar-refractivity contribution in [3.8, 4) is 0 Å². The highest BCUT2D eigenvalue weighted by atomic mass is 79.9. The van der Waals surface area contributed by atoms with Crippen molar-refractivity contribution in [1.29, 1.82) is 0 Å².